The average molecular weight is 714 g/mol. The van der Waals surface area contributed by atoms with Crippen LogP contribution < -0.4 is 9.97 Å². The van der Waals surface area contributed by atoms with Crippen LogP contribution in [0.2, 0.25) is 25.7 Å². The zero-order chi connectivity index (χ0) is 33.6. The summed E-state index contributed by atoms with van der Waals surface area (Å²) in [5.74, 6) is -0.299. The number of rotatable bonds is 6. The molecule has 2 aliphatic rings. The molecule has 6 nitrogen and oxygen atoms in total. The fourth-order valence-electron chi connectivity index (χ4n) is 6.23. The van der Waals surface area contributed by atoms with E-state index in [-0.39, 0.29) is 30.9 Å². The van der Waals surface area contributed by atoms with Crippen LogP contribution in [-0.4, -0.2) is 30.6 Å². The summed E-state index contributed by atoms with van der Waals surface area (Å²) >= 11 is 0. The Morgan fingerprint density at radius 1 is 0.776 bits per heavy atom. The second-order valence-electron chi connectivity index (χ2n) is 14.7. The van der Waals surface area contributed by atoms with Gasteiger partial charge in [0.05, 0.1) is 23.6 Å². The second-order valence-corrected chi connectivity index (χ2v) is 20.3. The summed E-state index contributed by atoms with van der Waals surface area (Å²) in [6, 6.07) is 29.4. The maximum atomic E-state index is 12.9. The summed E-state index contributed by atoms with van der Waals surface area (Å²) < 4.78 is 5.62. The van der Waals surface area contributed by atoms with Crippen LogP contribution in [0, 0.1) is 6.92 Å². The smallest absolute Gasteiger partial charge is 0.657 e. The predicted molar refractivity (Wildman–Crippen MR) is 199 cm³/mol. The number of hydrogen-bond acceptors (Lipinski definition) is 4. The summed E-state index contributed by atoms with van der Waals surface area (Å²) in [6.07, 6.45) is 4.93. The van der Waals surface area contributed by atoms with Crippen molar-refractivity contribution in [1.29, 1.82) is 0 Å². The first-order valence-corrected chi connectivity index (χ1v) is 20.3. The molecule has 8 bridgehead atoms. The minimum Gasteiger partial charge on any atom is -0.657 e. The van der Waals surface area contributed by atoms with Gasteiger partial charge < -0.3 is 14.7 Å². The second kappa shape index (κ2) is 13.5. The van der Waals surface area contributed by atoms with Crippen molar-refractivity contribution in [1.82, 2.24) is 19.9 Å². The number of fused-ring (bicyclic) bond motifs is 8. The van der Waals surface area contributed by atoms with Crippen molar-refractivity contribution in [3.8, 4) is 22.3 Å². The van der Waals surface area contributed by atoms with Gasteiger partial charge in [0.25, 0.3) is 0 Å². The predicted octanol–water partition coefficient (Wildman–Crippen LogP) is 9.40. The molecule has 0 radical (unpaired) electrons. The topological polar surface area (TPSA) is 80.3 Å². The fraction of sp³-hybridized carbons (Fsp3) is 0.244. The maximum Gasteiger partial charge on any atom is 2.00 e. The molecule has 0 fully saturated rings. The number of carbonyl (C=O) groups is 1. The van der Waals surface area contributed by atoms with Crippen LogP contribution in [0.15, 0.2) is 84.9 Å². The summed E-state index contributed by atoms with van der Waals surface area (Å²) in [5.41, 5.74) is 12.4. The normalized spacial score (nSPS) is 13.6. The molecular weight excluding hydrogens is 674 g/mol. The minimum atomic E-state index is -1.30. The van der Waals surface area contributed by atoms with E-state index in [4.69, 9.17) is 24.7 Å². The SMILES string of the molecule is Cc1ccc(-c2c3nc(c(-c4ccc(C(=O)OCC[Si](C)(C)C)cc4)c4ccc(cc5nc(cc6ccc2[n-]6)C(C)(C)C5)[n-]4)C=C3)cc1.[Zn+2]. The van der Waals surface area contributed by atoms with Gasteiger partial charge in [-0.1, -0.05) is 112 Å². The molecule has 49 heavy (non-hydrogen) atoms. The van der Waals surface area contributed by atoms with E-state index in [9.17, 15) is 4.79 Å². The van der Waals surface area contributed by atoms with E-state index >= 15 is 0 Å². The van der Waals surface area contributed by atoms with Crippen molar-refractivity contribution >= 4 is 48.3 Å². The molecule has 5 heterocycles. The molecule has 2 aromatic carbocycles. The Bertz CT molecular complexity index is 2220. The molecule has 0 amide bonds. The van der Waals surface area contributed by atoms with Gasteiger partial charge in [-0.05, 0) is 59.5 Å². The van der Waals surface area contributed by atoms with Gasteiger partial charge in [0.1, 0.15) is 0 Å². The molecule has 0 spiro atoms. The van der Waals surface area contributed by atoms with Crippen molar-refractivity contribution in [2.75, 3.05) is 6.61 Å². The Labute approximate surface area is 301 Å². The summed E-state index contributed by atoms with van der Waals surface area (Å²) in [7, 11) is -1.30. The monoisotopic (exact) mass is 712 g/mol. The summed E-state index contributed by atoms with van der Waals surface area (Å²) in [6.45, 7) is 13.8. The standard InChI is InChI=1S/C41H41N4O2Si.Zn/c1-26-7-9-27(10-8-26)38-34-18-16-31(43-34)24-37-41(2,3)25-32(44-37)23-30-15-17-33(42-30)39(36-20-19-35(38)45-36)28-11-13-29(14-12-28)40(46)47-21-22-48(4,5)6;/h7-20,23-24H,21-22,25H2,1-6H3,(H-,42,43,44,45,46);/q-1;+2/p-1. The van der Waals surface area contributed by atoms with Gasteiger partial charge in [-0.15, -0.1) is 22.1 Å². The first-order valence-electron chi connectivity index (χ1n) is 16.6. The Kier molecular flexibility index (Phi) is 9.49. The number of nitrogens with zero attached hydrogens (tertiary/aromatic N) is 4. The van der Waals surface area contributed by atoms with Crippen molar-refractivity contribution in [2.45, 2.75) is 58.3 Å². The van der Waals surface area contributed by atoms with Gasteiger partial charge in [0.2, 0.25) is 0 Å². The van der Waals surface area contributed by atoms with Gasteiger partial charge in [-0.3, -0.25) is 4.98 Å². The van der Waals surface area contributed by atoms with E-state index in [0.717, 1.165) is 79.6 Å². The van der Waals surface area contributed by atoms with Crippen molar-refractivity contribution in [2.24, 2.45) is 0 Å². The molecule has 0 N–H and O–H groups in total. The molecule has 5 aromatic rings. The van der Waals surface area contributed by atoms with Gasteiger partial charge >= 0.3 is 25.4 Å². The fourth-order valence-corrected chi connectivity index (χ4v) is 6.94. The third-order valence-electron chi connectivity index (χ3n) is 9.00. The van der Waals surface area contributed by atoms with Crippen LogP contribution in [0.1, 0.15) is 52.5 Å². The van der Waals surface area contributed by atoms with Crippen LogP contribution in [-0.2, 0) is 36.1 Å². The van der Waals surface area contributed by atoms with Gasteiger partial charge in [0.15, 0.2) is 0 Å². The Hall–Kier alpha value is -4.39. The van der Waals surface area contributed by atoms with Crippen molar-refractivity contribution in [3.63, 3.8) is 0 Å². The van der Waals surface area contributed by atoms with Crippen LogP contribution in [0.25, 0.3) is 56.5 Å². The average Bonchev–Trinajstić information content (AvgIpc) is 3.84. The number of aromatic nitrogens is 4. The number of esters is 1. The van der Waals surface area contributed by atoms with Crippen molar-refractivity contribution < 1.29 is 29.0 Å². The van der Waals surface area contributed by atoms with Crippen LogP contribution in [0.3, 0.4) is 0 Å². The van der Waals surface area contributed by atoms with E-state index in [1.165, 1.54) is 5.56 Å². The third-order valence-corrected chi connectivity index (χ3v) is 10.7. The molecule has 0 unspecified atom stereocenters. The number of aryl methyl sites for hydroxylation is 1. The largest absolute Gasteiger partial charge is 2.00 e. The Morgan fingerprint density at radius 2 is 1.33 bits per heavy atom. The molecule has 2 aliphatic heterocycles. The molecule has 3 aromatic heterocycles. The molecule has 242 valence electrons. The molecule has 8 heteroatoms. The van der Waals surface area contributed by atoms with E-state index in [1.54, 1.807) is 0 Å². The molecule has 0 saturated heterocycles. The molecule has 0 aliphatic carbocycles. The number of hydrogen-bond donors (Lipinski definition) is 0. The van der Waals surface area contributed by atoms with Gasteiger partial charge in [-0.25, -0.2) is 9.78 Å². The van der Waals surface area contributed by atoms with Crippen LogP contribution in [0.5, 0.6) is 0 Å². The first-order chi connectivity index (χ1) is 22.9. The quantitative estimate of drug-likeness (QED) is 0.126. The Morgan fingerprint density at radius 3 is 1.90 bits per heavy atom. The molecule has 0 saturated carbocycles. The van der Waals surface area contributed by atoms with Crippen molar-refractivity contribution in [3.05, 3.63) is 119 Å². The zero-order valence-corrected chi connectivity index (χ0v) is 33.1. The van der Waals surface area contributed by atoms with Gasteiger partial charge in [0, 0.05) is 31.3 Å². The van der Waals surface area contributed by atoms with E-state index < -0.39 is 8.07 Å². The zero-order valence-electron chi connectivity index (χ0n) is 29.2. The van der Waals surface area contributed by atoms with E-state index in [2.05, 4.69) is 95.0 Å². The van der Waals surface area contributed by atoms with Gasteiger partial charge in [-0.2, -0.15) is 0 Å². The number of benzene rings is 2. The maximum absolute atomic E-state index is 12.9. The minimum absolute atomic E-state index is 0. The van der Waals surface area contributed by atoms with E-state index in [0.29, 0.717) is 12.2 Å². The first kappa shape index (κ1) is 34.5. The number of carbonyl (C=O) groups excluding carboxylic acids is 1. The van der Waals surface area contributed by atoms with Crippen LogP contribution in [0.4, 0.5) is 0 Å². The molecular formula is C41H40N4O2SiZn. The third kappa shape index (κ3) is 7.46. The molecule has 7 rings (SSSR count). The summed E-state index contributed by atoms with van der Waals surface area (Å²) in [5, 5.41) is 0. The van der Waals surface area contributed by atoms with E-state index in [1.807, 2.05) is 42.5 Å². The van der Waals surface area contributed by atoms with Crippen LogP contribution >= 0.6 is 0 Å². The Balaban J connectivity index is 0.00000417. The molecule has 0 atom stereocenters. The summed E-state index contributed by atoms with van der Waals surface area (Å²) in [4.78, 5) is 33.3. The number of ether oxygens (including phenoxy) is 1.